The first-order chi connectivity index (χ1) is 9.70. The number of halogens is 1. The number of nitrogens with one attached hydrogen (secondary N) is 1. The number of nitrogens with zero attached hydrogens (tertiary/aromatic N) is 3. The zero-order chi connectivity index (χ0) is 15.8. The highest BCUT2D eigenvalue weighted by Crippen LogP contribution is 2.27. The van der Waals surface area contributed by atoms with Crippen molar-refractivity contribution in [2.75, 3.05) is 10.5 Å². The first-order valence-corrected chi connectivity index (χ1v) is 8.24. The van der Waals surface area contributed by atoms with E-state index in [-0.39, 0.29) is 10.8 Å². The summed E-state index contributed by atoms with van der Waals surface area (Å²) in [6.45, 7) is 5.15. The van der Waals surface area contributed by atoms with Crippen molar-refractivity contribution in [2.45, 2.75) is 25.7 Å². The summed E-state index contributed by atoms with van der Waals surface area (Å²) in [4.78, 5) is 4.12. The van der Waals surface area contributed by atoms with Gasteiger partial charge >= 0.3 is 0 Å². The van der Waals surface area contributed by atoms with Gasteiger partial charge in [-0.25, -0.2) is 18.1 Å². The number of rotatable bonds is 3. The van der Waals surface area contributed by atoms with Gasteiger partial charge in [-0.2, -0.15) is 5.10 Å². The number of nitrogen functional groups attached to an aromatic ring is 1. The summed E-state index contributed by atoms with van der Waals surface area (Å²) < 4.78 is 27.7. The Kier molecular flexibility index (Phi) is 4.15. The van der Waals surface area contributed by atoms with Crippen molar-refractivity contribution in [3.05, 3.63) is 33.6 Å². The molecule has 0 amide bonds. The molecule has 2 aromatic rings. The predicted molar refractivity (Wildman–Crippen MR) is 83.4 cm³/mol. The maximum Gasteiger partial charge on any atom is 0.264 e. The average molecular weight is 372 g/mol. The van der Waals surface area contributed by atoms with Crippen LogP contribution in [0.4, 0.5) is 11.6 Å². The van der Waals surface area contributed by atoms with Gasteiger partial charge in [0, 0.05) is 10.2 Å². The summed E-state index contributed by atoms with van der Waals surface area (Å²) in [7, 11) is -3.83. The maximum atomic E-state index is 12.4. The number of nitrogens with two attached hydrogens (primary N) is 1. The van der Waals surface area contributed by atoms with Gasteiger partial charge in [0.1, 0.15) is 0 Å². The Morgan fingerprint density at radius 3 is 2.43 bits per heavy atom. The van der Waals surface area contributed by atoms with Crippen LogP contribution in [0, 0.1) is 20.8 Å². The lowest BCUT2D eigenvalue weighted by Gasteiger charge is -2.11. The minimum atomic E-state index is -3.83. The van der Waals surface area contributed by atoms with E-state index < -0.39 is 10.0 Å². The van der Waals surface area contributed by atoms with E-state index in [9.17, 15) is 8.42 Å². The molecule has 1 aromatic heterocycles. The molecule has 0 bridgehead atoms. The Balaban J connectivity index is 2.43. The lowest BCUT2D eigenvalue weighted by atomic mass is 10.2. The second-order valence-corrected chi connectivity index (χ2v) is 7.06. The summed E-state index contributed by atoms with van der Waals surface area (Å²) in [5, 5.41) is 7.57. The zero-order valence-corrected chi connectivity index (χ0v) is 14.1. The fraction of sp³-hybridized carbons (Fsp3) is 0.250. The predicted octanol–water partition coefficient (Wildman–Crippen LogP) is 1.94. The first-order valence-electron chi connectivity index (χ1n) is 5.97. The van der Waals surface area contributed by atoms with Crippen molar-refractivity contribution in [3.63, 3.8) is 0 Å². The molecule has 0 saturated heterocycles. The fourth-order valence-corrected chi connectivity index (χ4v) is 3.29. The molecule has 0 aliphatic heterocycles. The van der Waals surface area contributed by atoms with E-state index in [0.717, 1.165) is 0 Å². The number of hydrogen-bond donors (Lipinski definition) is 2. The minimum Gasteiger partial charge on any atom is -0.398 e. The molecule has 9 heteroatoms. The lowest BCUT2D eigenvalue weighted by Crippen LogP contribution is -2.17. The second-order valence-electron chi connectivity index (χ2n) is 4.55. The van der Waals surface area contributed by atoms with Gasteiger partial charge in [-0.3, -0.25) is 0 Å². The van der Waals surface area contributed by atoms with E-state index in [1.165, 1.54) is 6.07 Å². The van der Waals surface area contributed by atoms with Crippen molar-refractivity contribution in [1.29, 1.82) is 0 Å². The van der Waals surface area contributed by atoms with Crippen LogP contribution in [0.3, 0.4) is 0 Å². The van der Waals surface area contributed by atoms with Crippen molar-refractivity contribution < 1.29 is 8.42 Å². The normalized spacial score (nSPS) is 11.4. The Morgan fingerprint density at radius 1 is 1.14 bits per heavy atom. The Bertz CT molecular complexity index is 808. The quantitative estimate of drug-likeness (QED) is 0.797. The summed E-state index contributed by atoms with van der Waals surface area (Å²) >= 11 is 3.26. The van der Waals surface area contributed by atoms with E-state index in [1.807, 2.05) is 0 Å². The number of sulfonamides is 1. The molecule has 112 valence electrons. The number of aromatic nitrogens is 3. The number of aryl methyl sites for hydroxylation is 3. The number of benzene rings is 1. The summed E-state index contributed by atoms with van der Waals surface area (Å²) in [6, 6.07) is 3.03. The summed E-state index contributed by atoms with van der Waals surface area (Å²) in [5.41, 5.74) is 7.88. The third-order valence-electron chi connectivity index (χ3n) is 2.90. The van der Waals surface area contributed by atoms with Crippen molar-refractivity contribution in [1.82, 2.24) is 15.2 Å². The van der Waals surface area contributed by atoms with Crippen LogP contribution in [0.1, 0.15) is 17.0 Å². The molecule has 0 saturated carbocycles. The van der Waals surface area contributed by atoms with Gasteiger partial charge in [-0.15, -0.1) is 5.10 Å². The number of hydrogen-bond acceptors (Lipinski definition) is 6. The molecule has 0 aliphatic rings. The topological polar surface area (TPSA) is 111 Å². The zero-order valence-electron chi connectivity index (χ0n) is 11.7. The molecule has 1 heterocycles. The maximum absolute atomic E-state index is 12.4. The van der Waals surface area contributed by atoms with E-state index in [0.29, 0.717) is 27.1 Å². The van der Waals surface area contributed by atoms with Crippen LogP contribution in [-0.4, -0.2) is 23.6 Å². The molecule has 1 aromatic carbocycles. The highest BCUT2D eigenvalue weighted by atomic mass is 79.9. The molecular formula is C12H14BrN5O2S. The van der Waals surface area contributed by atoms with Crippen LogP contribution in [0.15, 0.2) is 21.5 Å². The van der Waals surface area contributed by atoms with Gasteiger partial charge in [0.25, 0.3) is 16.0 Å². The SMILES string of the molecule is Cc1cc(Br)c(N)cc1S(=O)(=O)Nc1nnc(C)c(C)n1. The van der Waals surface area contributed by atoms with Crippen LogP contribution in [0.2, 0.25) is 0 Å². The molecule has 7 nitrogen and oxygen atoms in total. The molecule has 0 spiro atoms. The Labute approximate surface area is 131 Å². The third kappa shape index (κ3) is 3.30. The van der Waals surface area contributed by atoms with Crippen LogP contribution in [0.25, 0.3) is 0 Å². The molecule has 2 rings (SSSR count). The first kappa shape index (κ1) is 15.6. The van der Waals surface area contributed by atoms with E-state index in [2.05, 4.69) is 35.8 Å². The van der Waals surface area contributed by atoms with Gasteiger partial charge in [0.2, 0.25) is 0 Å². The standard InChI is InChI=1S/C12H14BrN5O2S/c1-6-4-9(13)10(14)5-11(6)21(19,20)18-12-15-7(2)8(3)16-17-12/h4-5H,14H2,1-3H3,(H,15,17,18). The Morgan fingerprint density at radius 2 is 1.81 bits per heavy atom. The smallest absolute Gasteiger partial charge is 0.264 e. The summed E-state index contributed by atoms with van der Waals surface area (Å²) in [5.74, 6) is -0.0704. The van der Waals surface area contributed by atoms with Gasteiger partial charge in [-0.1, -0.05) is 0 Å². The van der Waals surface area contributed by atoms with Crippen LogP contribution >= 0.6 is 15.9 Å². The van der Waals surface area contributed by atoms with E-state index in [1.54, 1.807) is 26.8 Å². The van der Waals surface area contributed by atoms with Crippen LogP contribution in [0.5, 0.6) is 0 Å². The molecule has 0 fully saturated rings. The minimum absolute atomic E-state index is 0.0704. The highest BCUT2D eigenvalue weighted by Gasteiger charge is 2.20. The van der Waals surface area contributed by atoms with Gasteiger partial charge in [0.15, 0.2) is 0 Å². The van der Waals surface area contributed by atoms with Crippen molar-refractivity contribution >= 4 is 37.6 Å². The molecule has 21 heavy (non-hydrogen) atoms. The monoisotopic (exact) mass is 371 g/mol. The molecular weight excluding hydrogens is 358 g/mol. The summed E-state index contributed by atoms with van der Waals surface area (Å²) in [6.07, 6.45) is 0. The lowest BCUT2D eigenvalue weighted by molar-refractivity contribution is 0.600. The van der Waals surface area contributed by atoms with Crippen molar-refractivity contribution in [2.24, 2.45) is 0 Å². The van der Waals surface area contributed by atoms with Crippen molar-refractivity contribution in [3.8, 4) is 0 Å². The molecule has 0 aliphatic carbocycles. The molecule has 3 N–H and O–H groups in total. The highest BCUT2D eigenvalue weighted by molar-refractivity contribution is 9.10. The van der Waals surface area contributed by atoms with E-state index >= 15 is 0 Å². The fourth-order valence-electron chi connectivity index (χ4n) is 1.63. The van der Waals surface area contributed by atoms with Crippen LogP contribution in [-0.2, 0) is 10.0 Å². The molecule has 0 unspecified atom stereocenters. The second kappa shape index (κ2) is 5.57. The van der Waals surface area contributed by atoms with Gasteiger partial charge < -0.3 is 5.73 Å². The number of anilines is 2. The largest absolute Gasteiger partial charge is 0.398 e. The molecule has 0 atom stereocenters. The van der Waals surface area contributed by atoms with E-state index in [4.69, 9.17) is 5.73 Å². The van der Waals surface area contributed by atoms with Gasteiger partial charge in [0.05, 0.1) is 16.3 Å². The molecule has 0 radical (unpaired) electrons. The van der Waals surface area contributed by atoms with Crippen LogP contribution < -0.4 is 10.5 Å². The van der Waals surface area contributed by atoms with Gasteiger partial charge in [-0.05, 0) is 54.4 Å². The average Bonchev–Trinajstić information content (AvgIpc) is 2.37. The Hall–Kier alpha value is -1.74. The third-order valence-corrected chi connectivity index (χ3v) is 5.06.